The van der Waals surface area contributed by atoms with Gasteiger partial charge in [-0.05, 0) is 55.0 Å². The topological polar surface area (TPSA) is 93.7 Å². The van der Waals surface area contributed by atoms with Crippen molar-refractivity contribution >= 4 is 29.2 Å². The molecule has 0 spiro atoms. The van der Waals surface area contributed by atoms with Gasteiger partial charge in [0.1, 0.15) is 5.75 Å². The number of para-hydroxylation sites is 2. The van der Waals surface area contributed by atoms with Gasteiger partial charge >= 0.3 is 5.97 Å². The SMILES string of the molecule is COC(=O)c1ccccc1NC(=O)c1ccc(NC(=O)COc2ccccc2C)cc1. The van der Waals surface area contributed by atoms with Crippen molar-refractivity contribution in [1.82, 2.24) is 0 Å². The van der Waals surface area contributed by atoms with Crippen LogP contribution in [0.1, 0.15) is 26.3 Å². The molecular weight excluding hydrogens is 396 g/mol. The van der Waals surface area contributed by atoms with Crippen LogP contribution in [0.25, 0.3) is 0 Å². The number of amides is 2. The van der Waals surface area contributed by atoms with E-state index in [0.29, 0.717) is 22.7 Å². The zero-order valence-electron chi connectivity index (χ0n) is 17.2. The number of carbonyl (C=O) groups excluding carboxylic acids is 3. The number of hydrogen-bond donors (Lipinski definition) is 2. The average Bonchev–Trinajstić information content (AvgIpc) is 2.79. The minimum Gasteiger partial charge on any atom is -0.483 e. The molecule has 0 aliphatic rings. The molecule has 0 bridgehead atoms. The molecule has 3 aromatic carbocycles. The number of benzene rings is 3. The molecule has 31 heavy (non-hydrogen) atoms. The third-order valence-corrected chi connectivity index (χ3v) is 4.46. The zero-order chi connectivity index (χ0) is 22.2. The average molecular weight is 418 g/mol. The molecule has 0 aromatic heterocycles. The van der Waals surface area contributed by atoms with Gasteiger partial charge in [-0.2, -0.15) is 0 Å². The van der Waals surface area contributed by atoms with Crippen LogP contribution in [0.4, 0.5) is 11.4 Å². The van der Waals surface area contributed by atoms with Gasteiger partial charge in [0.05, 0.1) is 18.4 Å². The van der Waals surface area contributed by atoms with E-state index in [1.165, 1.54) is 7.11 Å². The summed E-state index contributed by atoms with van der Waals surface area (Å²) < 4.78 is 10.3. The molecule has 158 valence electrons. The van der Waals surface area contributed by atoms with Crippen molar-refractivity contribution in [3.8, 4) is 5.75 Å². The van der Waals surface area contributed by atoms with E-state index < -0.39 is 11.9 Å². The molecule has 0 heterocycles. The van der Waals surface area contributed by atoms with Crippen LogP contribution < -0.4 is 15.4 Å². The Kier molecular flexibility index (Phi) is 7.01. The summed E-state index contributed by atoms with van der Waals surface area (Å²) in [6, 6.07) is 20.4. The smallest absolute Gasteiger partial charge is 0.339 e. The number of ether oxygens (including phenoxy) is 2. The van der Waals surface area contributed by atoms with Crippen LogP contribution in [0, 0.1) is 6.92 Å². The fraction of sp³-hybridized carbons (Fsp3) is 0.125. The van der Waals surface area contributed by atoms with Crippen LogP contribution in [-0.4, -0.2) is 31.5 Å². The highest BCUT2D eigenvalue weighted by atomic mass is 16.5. The van der Waals surface area contributed by atoms with Gasteiger partial charge in [-0.3, -0.25) is 9.59 Å². The summed E-state index contributed by atoms with van der Waals surface area (Å²) >= 11 is 0. The molecule has 0 atom stereocenters. The van der Waals surface area contributed by atoms with Gasteiger partial charge in [-0.25, -0.2) is 4.79 Å². The Morgan fingerprint density at radius 3 is 2.23 bits per heavy atom. The van der Waals surface area contributed by atoms with E-state index in [1.54, 1.807) is 54.6 Å². The number of rotatable bonds is 7. The summed E-state index contributed by atoms with van der Waals surface area (Å²) in [4.78, 5) is 36.5. The van der Waals surface area contributed by atoms with Crippen molar-refractivity contribution in [2.75, 3.05) is 24.4 Å². The Bertz CT molecular complexity index is 1090. The van der Waals surface area contributed by atoms with E-state index in [1.807, 2.05) is 25.1 Å². The summed E-state index contributed by atoms with van der Waals surface area (Å²) in [5, 5.41) is 5.42. The summed E-state index contributed by atoms with van der Waals surface area (Å²) in [7, 11) is 1.28. The number of anilines is 2. The lowest BCUT2D eigenvalue weighted by Crippen LogP contribution is -2.20. The van der Waals surface area contributed by atoms with Gasteiger partial charge in [0.2, 0.25) is 0 Å². The minimum absolute atomic E-state index is 0.128. The first kappa shape index (κ1) is 21.6. The minimum atomic E-state index is -0.540. The van der Waals surface area contributed by atoms with E-state index >= 15 is 0 Å². The Hall–Kier alpha value is -4.13. The molecule has 0 radical (unpaired) electrons. The molecule has 0 fully saturated rings. The predicted octanol–water partition coefficient (Wildman–Crippen LogP) is 4.05. The molecule has 0 unspecified atom stereocenters. The molecule has 0 aliphatic heterocycles. The van der Waals surface area contributed by atoms with Gasteiger partial charge < -0.3 is 20.1 Å². The van der Waals surface area contributed by atoms with Gasteiger partial charge in [-0.15, -0.1) is 0 Å². The second-order valence-corrected chi connectivity index (χ2v) is 6.67. The Labute approximate surface area is 180 Å². The van der Waals surface area contributed by atoms with Gasteiger partial charge in [0.25, 0.3) is 11.8 Å². The number of aryl methyl sites for hydroxylation is 1. The predicted molar refractivity (Wildman–Crippen MR) is 117 cm³/mol. The molecule has 3 aromatic rings. The molecular formula is C24H22N2O5. The van der Waals surface area contributed by atoms with E-state index in [4.69, 9.17) is 9.47 Å². The molecule has 0 saturated carbocycles. The van der Waals surface area contributed by atoms with Crippen molar-refractivity contribution in [2.24, 2.45) is 0 Å². The molecule has 0 saturated heterocycles. The number of nitrogens with one attached hydrogen (secondary N) is 2. The molecule has 3 rings (SSSR count). The van der Waals surface area contributed by atoms with Crippen LogP contribution in [0.2, 0.25) is 0 Å². The summed E-state index contributed by atoms with van der Waals surface area (Å²) in [5.74, 6) is -0.594. The first-order valence-electron chi connectivity index (χ1n) is 9.55. The quantitative estimate of drug-likeness (QED) is 0.565. The van der Waals surface area contributed by atoms with Crippen molar-refractivity contribution in [3.63, 3.8) is 0 Å². The van der Waals surface area contributed by atoms with E-state index in [9.17, 15) is 14.4 Å². The van der Waals surface area contributed by atoms with E-state index in [-0.39, 0.29) is 18.1 Å². The van der Waals surface area contributed by atoms with Crippen molar-refractivity contribution in [2.45, 2.75) is 6.92 Å². The summed E-state index contributed by atoms with van der Waals surface area (Å²) in [5.41, 5.74) is 2.46. The third-order valence-electron chi connectivity index (χ3n) is 4.46. The first-order valence-corrected chi connectivity index (χ1v) is 9.55. The third kappa shape index (κ3) is 5.70. The lowest BCUT2D eigenvalue weighted by molar-refractivity contribution is -0.118. The number of hydrogen-bond acceptors (Lipinski definition) is 5. The summed E-state index contributed by atoms with van der Waals surface area (Å²) in [6.07, 6.45) is 0. The largest absolute Gasteiger partial charge is 0.483 e. The fourth-order valence-corrected chi connectivity index (χ4v) is 2.84. The first-order chi connectivity index (χ1) is 15.0. The normalized spacial score (nSPS) is 10.1. The Morgan fingerprint density at radius 1 is 0.839 bits per heavy atom. The van der Waals surface area contributed by atoms with E-state index in [2.05, 4.69) is 10.6 Å². The molecule has 2 N–H and O–H groups in total. The second kappa shape index (κ2) is 10.1. The Balaban J connectivity index is 1.59. The van der Waals surface area contributed by atoms with Crippen LogP contribution in [0.3, 0.4) is 0 Å². The summed E-state index contributed by atoms with van der Waals surface area (Å²) in [6.45, 7) is 1.78. The number of carbonyl (C=O) groups is 3. The van der Waals surface area contributed by atoms with Crippen molar-refractivity contribution < 1.29 is 23.9 Å². The Morgan fingerprint density at radius 2 is 1.52 bits per heavy atom. The maximum Gasteiger partial charge on any atom is 0.339 e. The molecule has 7 heteroatoms. The number of esters is 1. The van der Waals surface area contributed by atoms with Gasteiger partial charge in [0.15, 0.2) is 6.61 Å². The standard InChI is InChI=1S/C24H22N2O5/c1-16-7-3-6-10-21(16)31-15-22(27)25-18-13-11-17(12-14-18)23(28)26-20-9-5-4-8-19(20)24(29)30-2/h3-14H,15H2,1-2H3,(H,25,27)(H,26,28). The van der Waals surface area contributed by atoms with Crippen LogP contribution in [0.15, 0.2) is 72.8 Å². The van der Waals surface area contributed by atoms with Crippen molar-refractivity contribution in [1.29, 1.82) is 0 Å². The second-order valence-electron chi connectivity index (χ2n) is 6.67. The van der Waals surface area contributed by atoms with Gasteiger partial charge in [0, 0.05) is 11.3 Å². The maximum atomic E-state index is 12.5. The van der Waals surface area contributed by atoms with Crippen LogP contribution in [0.5, 0.6) is 5.75 Å². The zero-order valence-corrected chi connectivity index (χ0v) is 17.2. The molecule has 0 aliphatic carbocycles. The highest BCUT2D eigenvalue weighted by molar-refractivity contribution is 6.08. The van der Waals surface area contributed by atoms with Crippen LogP contribution >= 0.6 is 0 Å². The lowest BCUT2D eigenvalue weighted by atomic mass is 10.1. The number of methoxy groups -OCH3 is 1. The van der Waals surface area contributed by atoms with Gasteiger partial charge in [-0.1, -0.05) is 30.3 Å². The maximum absolute atomic E-state index is 12.5. The fourth-order valence-electron chi connectivity index (χ4n) is 2.84. The monoisotopic (exact) mass is 418 g/mol. The highest BCUT2D eigenvalue weighted by Gasteiger charge is 2.14. The molecule has 2 amide bonds. The molecule has 7 nitrogen and oxygen atoms in total. The lowest BCUT2D eigenvalue weighted by Gasteiger charge is -2.11. The van der Waals surface area contributed by atoms with Crippen LogP contribution in [-0.2, 0) is 9.53 Å². The van der Waals surface area contributed by atoms with E-state index in [0.717, 1.165) is 5.56 Å². The highest BCUT2D eigenvalue weighted by Crippen LogP contribution is 2.19. The van der Waals surface area contributed by atoms with Crippen molar-refractivity contribution in [3.05, 3.63) is 89.5 Å².